The summed E-state index contributed by atoms with van der Waals surface area (Å²) in [4.78, 5) is 0.877. The van der Waals surface area contributed by atoms with E-state index in [9.17, 15) is 8.42 Å². The van der Waals surface area contributed by atoms with E-state index in [2.05, 4.69) is 0 Å². The number of nitrogens with zero attached hydrogens (tertiary/aromatic N) is 1. The molecule has 0 aliphatic heterocycles. The van der Waals surface area contributed by atoms with Crippen molar-refractivity contribution >= 4 is 33.2 Å². The largest absolute Gasteiger partial charge is 0.229 e. The molecule has 0 saturated heterocycles. The molecule has 104 valence electrons. The summed E-state index contributed by atoms with van der Waals surface area (Å²) < 4.78 is 23.2. The van der Waals surface area contributed by atoms with Crippen molar-refractivity contribution < 1.29 is 8.42 Å². The van der Waals surface area contributed by atoms with Crippen LogP contribution in [0, 0.1) is 11.3 Å². The van der Waals surface area contributed by atoms with Crippen molar-refractivity contribution in [2.24, 2.45) is 0 Å². The lowest BCUT2D eigenvalue weighted by Crippen LogP contribution is -2.17. The lowest BCUT2D eigenvalue weighted by atomic mass is 10.2. The average molecular weight is 318 g/mol. The number of hydrogen-bond donors (Lipinski definition) is 0. The van der Waals surface area contributed by atoms with Crippen LogP contribution in [0.5, 0.6) is 0 Å². The molecule has 0 bridgehead atoms. The third kappa shape index (κ3) is 5.06. The second-order valence-corrected chi connectivity index (χ2v) is 8.60. The van der Waals surface area contributed by atoms with E-state index in [1.807, 2.05) is 6.07 Å². The highest BCUT2D eigenvalue weighted by Gasteiger charge is 2.15. The molecule has 6 heteroatoms. The fourth-order valence-electron chi connectivity index (χ4n) is 1.37. The van der Waals surface area contributed by atoms with Crippen molar-refractivity contribution in [3.05, 3.63) is 28.8 Å². The Labute approximate surface area is 123 Å². The van der Waals surface area contributed by atoms with Crippen molar-refractivity contribution in [1.82, 2.24) is 0 Å². The lowest BCUT2D eigenvalue weighted by Gasteiger charge is -2.08. The van der Waals surface area contributed by atoms with Gasteiger partial charge in [0.15, 0.2) is 9.84 Å². The second kappa shape index (κ2) is 7.18. The molecule has 0 amide bonds. The summed E-state index contributed by atoms with van der Waals surface area (Å²) in [5.74, 6) is 0.892. The number of benzene rings is 1. The fraction of sp³-hybridized carbons (Fsp3) is 0.462. The topological polar surface area (TPSA) is 57.9 Å². The maximum atomic E-state index is 11.6. The Balaban J connectivity index is 2.49. The molecule has 0 saturated carbocycles. The number of thioether (sulfide) groups is 1. The SMILES string of the molecule is CC(C)S(=O)(=O)CCCSc1ccc(C#N)cc1Cl. The molecule has 0 fully saturated rings. The normalized spacial score (nSPS) is 11.5. The Morgan fingerprint density at radius 3 is 2.63 bits per heavy atom. The molecule has 0 heterocycles. The van der Waals surface area contributed by atoms with Crippen LogP contribution in [-0.2, 0) is 9.84 Å². The van der Waals surface area contributed by atoms with Gasteiger partial charge in [0.1, 0.15) is 0 Å². The van der Waals surface area contributed by atoms with Gasteiger partial charge in [-0.25, -0.2) is 8.42 Å². The quantitative estimate of drug-likeness (QED) is 0.595. The first-order chi connectivity index (χ1) is 8.86. The zero-order valence-electron chi connectivity index (χ0n) is 10.9. The molecule has 0 unspecified atom stereocenters. The van der Waals surface area contributed by atoms with Gasteiger partial charge in [0.2, 0.25) is 0 Å². The second-order valence-electron chi connectivity index (χ2n) is 4.37. The molecule has 0 aliphatic carbocycles. The first kappa shape index (κ1) is 16.4. The fourth-order valence-corrected chi connectivity index (χ4v) is 3.78. The highest BCUT2D eigenvalue weighted by molar-refractivity contribution is 7.99. The van der Waals surface area contributed by atoms with Gasteiger partial charge in [0.05, 0.1) is 27.7 Å². The number of nitriles is 1. The van der Waals surface area contributed by atoms with Crippen LogP contribution in [0.25, 0.3) is 0 Å². The molecule has 1 aromatic carbocycles. The minimum atomic E-state index is -2.96. The van der Waals surface area contributed by atoms with Gasteiger partial charge < -0.3 is 0 Å². The molecule has 3 nitrogen and oxygen atoms in total. The van der Waals surface area contributed by atoms with Crippen LogP contribution in [0.15, 0.2) is 23.1 Å². The summed E-state index contributed by atoms with van der Waals surface area (Å²) in [6.07, 6.45) is 0.599. The van der Waals surface area contributed by atoms with Crippen LogP contribution in [0.2, 0.25) is 5.02 Å². The Bertz CT molecular complexity index is 577. The van der Waals surface area contributed by atoms with E-state index in [1.54, 1.807) is 32.0 Å². The summed E-state index contributed by atoms with van der Waals surface area (Å²) in [5.41, 5.74) is 0.525. The molecule has 0 N–H and O–H groups in total. The van der Waals surface area contributed by atoms with Gasteiger partial charge in [0.25, 0.3) is 0 Å². The molecule has 1 rings (SSSR count). The van der Waals surface area contributed by atoms with Gasteiger partial charge >= 0.3 is 0 Å². The van der Waals surface area contributed by atoms with E-state index < -0.39 is 9.84 Å². The predicted octanol–water partition coefficient (Wildman–Crippen LogP) is 3.52. The van der Waals surface area contributed by atoms with Gasteiger partial charge in [-0.2, -0.15) is 5.26 Å². The van der Waals surface area contributed by atoms with Crippen molar-refractivity contribution in [3.8, 4) is 6.07 Å². The van der Waals surface area contributed by atoms with E-state index >= 15 is 0 Å². The highest BCUT2D eigenvalue weighted by Crippen LogP contribution is 2.28. The van der Waals surface area contributed by atoms with Crippen molar-refractivity contribution in [3.63, 3.8) is 0 Å². The average Bonchev–Trinajstić information content (AvgIpc) is 2.35. The van der Waals surface area contributed by atoms with E-state index in [4.69, 9.17) is 16.9 Å². The van der Waals surface area contributed by atoms with Crippen LogP contribution in [0.4, 0.5) is 0 Å². The first-order valence-electron chi connectivity index (χ1n) is 5.91. The third-order valence-electron chi connectivity index (χ3n) is 2.61. The smallest absolute Gasteiger partial charge is 0.152 e. The minimum Gasteiger partial charge on any atom is -0.229 e. The molecule has 0 atom stereocenters. The van der Waals surface area contributed by atoms with Crippen molar-refractivity contribution in [1.29, 1.82) is 5.26 Å². The molecule has 0 radical (unpaired) electrons. The monoisotopic (exact) mass is 317 g/mol. The molecule has 0 aromatic heterocycles. The van der Waals surface area contributed by atoms with Crippen LogP contribution >= 0.6 is 23.4 Å². The first-order valence-corrected chi connectivity index (χ1v) is 8.98. The molecule has 1 aromatic rings. The molecular weight excluding hydrogens is 302 g/mol. The van der Waals surface area contributed by atoms with Gasteiger partial charge in [0, 0.05) is 4.90 Å². The third-order valence-corrected chi connectivity index (χ3v) is 6.49. The molecule has 19 heavy (non-hydrogen) atoms. The standard InChI is InChI=1S/C13H16ClNO2S2/c1-10(2)19(16,17)7-3-6-18-13-5-4-11(9-15)8-12(13)14/h4-5,8,10H,3,6-7H2,1-2H3. The number of sulfone groups is 1. The Morgan fingerprint density at radius 1 is 1.42 bits per heavy atom. The van der Waals surface area contributed by atoms with E-state index in [0.29, 0.717) is 22.8 Å². The van der Waals surface area contributed by atoms with Crippen molar-refractivity contribution in [2.75, 3.05) is 11.5 Å². The van der Waals surface area contributed by atoms with Gasteiger partial charge in [-0.3, -0.25) is 0 Å². The Morgan fingerprint density at radius 2 is 2.11 bits per heavy atom. The molecular formula is C13H16ClNO2S2. The predicted molar refractivity (Wildman–Crippen MR) is 80.4 cm³/mol. The van der Waals surface area contributed by atoms with Crippen LogP contribution in [0.1, 0.15) is 25.8 Å². The number of rotatable bonds is 6. The van der Waals surface area contributed by atoms with Gasteiger partial charge in [-0.05, 0) is 44.2 Å². The lowest BCUT2D eigenvalue weighted by molar-refractivity contribution is 0.586. The van der Waals surface area contributed by atoms with Crippen molar-refractivity contribution in [2.45, 2.75) is 30.4 Å². The summed E-state index contributed by atoms with van der Waals surface area (Å²) in [5, 5.41) is 8.94. The van der Waals surface area contributed by atoms with E-state index in [0.717, 1.165) is 4.90 Å². The summed E-state index contributed by atoms with van der Waals surface area (Å²) in [6, 6.07) is 7.14. The van der Waals surface area contributed by atoms with Crippen LogP contribution < -0.4 is 0 Å². The number of halogens is 1. The minimum absolute atomic E-state index is 0.200. The highest BCUT2D eigenvalue weighted by atomic mass is 35.5. The number of hydrogen-bond acceptors (Lipinski definition) is 4. The summed E-state index contributed by atoms with van der Waals surface area (Å²) >= 11 is 7.55. The molecule has 0 aliphatic rings. The van der Waals surface area contributed by atoms with E-state index in [-0.39, 0.29) is 11.0 Å². The Hall–Kier alpha value is -0.700. The summed E-state index contributed by atoms with van der Waals surface area (Å²) in [6.45, 7) is 3.39. The zero-order valence-corrected chi connectivity index (χ0v) is 13.3. The molecule has 0 spiro atoms. The Kier molecular flexibility index (Phi) is 6.18. The van der Waals surface area contributed by atoms with Gasteiger partial charge in [-0.1, -0.05) is 11.6 Å². The maximum Gasteiger partial charge on any atom is 0.152 e. The van der Waals surface area contributed by atoms with E-state index in [1.165, 1.54) is 11.8 Å². The maximum absolute atomic E-state index is 11.6. The van der Waals surface area contributed by atoms with Gasteiger partial charge in [-0.15, -0.1) is 11.8 Å². The van der Waals surface area contributed by atoms with Crippen LogP contribution in [0.3, 0.4) is 0 Å². The summed E-state index contributed by atoms with van der Waals surface area (Å²) in [7, 11) is -2.96. The van der Waals surface area contributed by atoms with Crippen LogP contribution in [-0.4, -0.2) is 25.2 Å². The zero-order chi connectivity index (χ0) is 14.5.